The average molecular weight is 163 g/mol. The SMILES string of the molecule is CNc1nc(F)nc(F)c1F. The highest BCUT2D eigenvalue weighted by Crippen LogP contribution is 2.11. The van der Waals surface area contributed by atoms with Crippen LogP contribution in [0.25, 0.3) is 0 Å². The third-order valence-electron chi connectivity index (χ3n) is 1.02. The van der Waals surface area contributed by atoms with Gasteiger partial charge in [0, 0.05) is 7.05 Å². The number of nitrogens with zero attached hydrogens (tertiary/aromatic N) is 2. The predicted molar refractivity (Wildman–Crippen MR) is 31.5 cm³/mol. The van der Waals surface area contributed by atoms with Crippen molar-refractivity contribution in [2.75, 3.05) is 12.4 Å². The molecule has 0 saturated carbocycles. The lowest BCUT2D eigenvalue weighted by Crippen LogP contribution is -2.04. The monoisotopic (exact) mass is 163 g/mol. The van der Waals surface area contributed by atoms with E-state index in [1.807, 2.05) is 0 Å². The molecule has 0 unspecified atom stereocenters. The lowest BCUT2D eigenvalue weighted by Gasteiger charge is -1.99. The maximum Gasteiger partial charge on any atom is 0.313 e. The molecule has 6 heteroatoms. The fraction of sp³-hybridized carbons (Fsp3) is 0.200. The molecule has 11 heavy (non-hydrogen) atoms. The van der Waals surface area contributed by atoms with Gasteiger partial charge in [-0.1, -0.05) is 0 Å². The molecule has 3 nitrogen and oxygen atoms in total. The Hall–Kier alpha value is -1.33. The third kappa shape index (κ3) is 1.39. The molecule has 1 heterocycles. The summed E-state index contributed by atoms with van der Waals surface area (Å²) in [5.74, 6) is -3.27. The van der Waals surface area contributed by atoms with Gasteiger partial charge in [-0.25, -0.2) is 0 Å². The van der Waals surface area contributed by atoms with E-state index in [4.69, 9.17) is 0 Å². The molecule has 1 aromatic rings. The largest absolute Gasteiger partial charge is 0.370 e. The molecule has 1 aromatic heterocycles. The van der Waals surface area contributed by atoms with Crippen molar-refractivity contribution in [3.8, 4) is 0 Å². The van der Waals surface area contributed by atoms with Gasteiger partial charge in [-0.2, -0.15) is 23.1 Å². The summed E-state index contributed by atoms with van der Waals surface area (Å²) in [4.78, 5) is 5.47. The molecule has 0 spiro atoms. The molecule has 0 aromatic carbocycles. The van der Waals surface area contributed by atoms with Gasteiger partial charge in [-0.15, -0.1) is 0 Å². The van der Waals surface area contributed by atoms with E-state index in [1.54, 1.807) is 0 Å². The molecule has 0 saturated heterocycles. The maximum absolute atomic E-state index is 12.5. The topological polar surface area (TPSA) is 37.8 Å². The number of hydrogen-bond donors (Lipinski definition) is 1. The summed E-state index contributed by atoms with van der Waals surface area (Å²) < 4.78 is 36.8. The standard InChI is InChI=1S/C5H4F3N3/c1-9-4-2(6)3(7)10-5(8)11-4/h1H3,(H,9,10,11). The van der Waals surface area contributed by atoms with Crippen LogP contribution in [0.1, 0.15) is 0 Å². The Morgan fingerprint density at radius 1 is 1.18 bits per heavy atom. The van der Waals surface area contributed by atoms with E-state index in [0.717, 1.165) is 0 Å². The minimum atomic E-state index is -1.50. The summed E-state index contributed by atoms with van der Waals surface area (Å²) >= 11 is 0. The zero-order valence-corrected chi connectivity index (χ0v) is 5.53. The van der Waals surface area contributed by atoms with E-state index < -0.39 is 23.7 Å². The van der Waals surface area contributed by atoms with Gasteiger partial charge in [0.25, 0.3) is 5.95 Å². The van der Waals surface area contributed by atoms with Crippen LogP contribution in [0.5, 0.6) is 0 Å². The Morgan fingerprint density at radius 2 is 1.82 bits per heavy atom. The van der Waals surface area contributed by atoms with E-state index in [9.17, 15) is 13.2 Å². The van der Waals surface area contributed by atoms with Crippen LogP contribution in [0.15, 0.2) is 0 Å². The number of nitrogens with one attached hydrogen (secondary N) is 1. The first kappa shape index (κ1) is 7.77. The Kier molecular flexibility index (Phi) is 1.93. The Bertz CT molecular complexity index is 276. The quantitative estimate of drug-likeness (QED) is 0.494. The van der Waals surface area contributed by atoms with Gasteiger partial charge >= 0.3 is 6.08 Å². The Labute approximate surface area is 60.3 Å². The van der Waals surface area contributed by atoms with Gasteiger partial charge in [0.05, 0.1) is 0 Å². The first-order valence-corrected chi connectivity index (χ1v) is 2.71. The Morgan fingerprint density at radius 3 is 2.36 bits per heavy atom. The van der Waals surface area contributed by atoms with Gasteiger partial charge in [0.15, 0.2) is 5.82 Å². The van der Waals surface area contributed by atoms with Crippen LogP contribution < -0.4 is 5.32 Å². The summed E-state index contributed by atoms with van der Waals surface area (Å²) in [6, 6.07) is 0. The average Bonchev–Trinajstić information content (AvgIpc) is 1.96. The van der Waals surface area contributed by atoms with Crippen molar-refractivity contribution in [3.05, 3.63) is 17.8 Å². The van der Waals surface area contributed by atoms with Crippen LogP contribution in [0, 0.1) is 17.8 Å². The molecular formula is C5H4F3N3. The molecule has 1 rings (SSSR count). The van der Waals surface area contributed by atoms with Crippen molar-refractivity contribution >= 4 is 5.82 Å². The van der Waals surface area contributed by atoms with E-state index in [2.05, 4.69) is 15.3 Å². The lowest BCUT2D eigenvalue weighted by molar-refractivity contribution is 0.430. The van der Waals surface area contributed by atoms with Gasteiger partial charge in [0.2, 0.25) is 5.82 Å². The molecule has 1 N–H and O–H groups in total. The maximum atomic E-state index is 12.5. The second-order valence-corrected chi connectivity index (χ2v) is 1.70. The Balaban J connectivity index is 3.24. The van der Waals surface area contributed by atoms with E-state index in [0.29, 0.717) is 0 Å². The minimum Gasteiger partial charge on any atom is -0.370 e. The van der Waals surface area contributed by atoms with Crippen LogP contribution >= 0.6 is 0 Å². The number of hydrogen-bond acceptors (Lipinski definition) is 3. The second-order valence-electron chi connectivity index (χ2n) is 1.70. The fourth-order valence-corrected chi connectivity index (χ4v) is 0.560. The van der Waals surface area contributed by atoms with Gasteiger partial charge in [0.1, 0.15) is 0 Å². The summed E-state index contributed by atoms with van der Waals surface area (Å²) in [5, 5.41) is 2.17. The van der Waals surface area contributed by atoms with Crippen molar-refractivity contribution in [1.29, 1.82) is 0 Å². The van der Waals surface area contributed by atoms with Gasteiger partial charge in [-0.05, 0) is 0 Å². The zero-order valence-electron chi connectivity index (χ0n) is 5.53. The number of anilines is 1. The van der Waals surface area contributed by atoms with Crippen LogP contribution in [-0.4, -0.2) is 17.0 Å². The molecule has 0 aliphatic heterocycles. The molecule has 0 amide bonds. The summed E-state index contributed by atoms with van der Waals surface area (Å²) in [6.07, 6.45) is -1.30. The van der Waals surface area contributed by atoms with Crippen LogP contribution in [0.4, 0.5) is 19.0 Å². The normalized spacial score (nSPS) is 9.82. The molecule has 0 radical (unpaired) electrons. The first-order valence-electron chi connectivity index (χ1n) is 2.71. The third-order valence-corrected chi connectivity index (χ3v) is 1.02. The molecule has 0 aliphatic carbocycles. The van der Waals surface area contributed by atoms with Crippen molar-refractivity contribution < 1.29 is 13.2 Å². The van der Waals surface area contributed by atoms with E-state index in [1.165, 1.54) is 7.05 Å². The first-order chi connectivity index (χ1) is 5.15. The highest BCUT2D eigenvalue weighted by molar-refractivity contribution is 5.33. The predicted octanol–water partition coefficient (Wildman–Crippen LogP) is 0.936. The van der Waals surface area contributed by atoms with Gasteiger partial charge < -0.3 is 5.32 Å². The number of aromatic nitrogens is 2. The summed E-state index contributed by atoms with van der Waals surface area (Å²) in [7, 11) is 1.30. The summed E-state index contributed by atoms with van der Waals surface area (Å²) in [6.45, 7) is 0. The molecule has 60 valence electrons. The smallest absolute Gasteiger partial charge is 0.313 e. The highest BCUT2D eigenvalue weighted by Gasteiger charge is 2.12. The van der Waals surface area contributed by atoms with Crippen LogP contribution in [0.3, 0.4) is 0 Å². The van der Waals surface area contributed by atoms with Crippen LogP contribution in [0.2, 0.25) is 0 Å². The summed E-state index contributed by atoms with van der Waals surface area (Å²) in [5.41, 5.74) is 0. The molecule has 0 aliphatic rings. The second kappa shape index (κ2) is 2.73. The lowest BCUT2D eigenvalue weighted by atomic mass is 10.5. The molecule has 0 fully saturated rings. The zero-order chi connectivity index (χ0) is 8.43. The van der Waals surface area contributed by atoms with Crippen molar-refractivity contribution in [2.24, 2.45) is 0 Å². The minimum absolute atomic E-state index is 0.491. The number of rotatable bonds is 1. The number of halogens is 3. The molecule has 0 atom stereocenters. The fourth-order valence-electron chi connectivity index (χ4n) is 0.560. The van der Waals surface area contributed by atoms with Crippen molar-refractivity contribution in [3.63, 3.8) is 0 Å². The van der Waals surface area contributed by atoms with E-state index >= 15 is 0 Å². The van der Waals surface area contributed by atoms with Crippen LogP contribution in [-0.2, 0) is 0 Å². The van der Waals surface area contributed by atoms with E-state index in [-0.39, 0.29) is 0 Å². The molecular weight excluding hydrogens is 159 g/mol. The van der Waals surface area contributed by atoms with Crippen molar-refractivity contribution in [2.45, 2.75) is 0 Å². The van der Waals surface area contributed by atoms with Gasteiger partial charge in [-0.3, -0.25) is 0 Å². The van der Waals surface area contributed by atoms with Crippen molar-refractivity contribution in [1.82, 2.24) is 9.97 Å². The molecule has 0 bridgehead atoms. The highest BCUT2D eigenvalue weighted by atomic mass is 19.2.